The SMILES string of the molecule is CN[C@@H](C)C(=O)N[C@H](C(=O)N1C[C@@H](NC(=O)c2ccc3c(c2)CN(C(=O)[C@@H](NC(=O)[C@H](C)NC)C24CC5CC(CC(C5)C2)C4)[C@H](C(=O)N[C@@H]2CCCc4ccccc42)C3)C[C@H]1C(=O)N[C@@H]1CCCc2ccccc21)C(C)(C)C. The van der Waals surface area contributed by atoms with Crippen molar-refractivity contribution in [2.75, 3.05) is 20.6 Å². The van der Waals surface area contributed by atoms with E-state index in [1.807, 2.05) is 57.2 Å². The Kier molecular flexibility index (Phi) is 16.0. The van der Waals surface area contributed by atoms with Crippen molar-refractivity contribution < 1.29 is 33.6 Å². The molecule has 9 atom stereocenters. The summed E-state index contributed by atoms with van der Waals surface area (Å²) in [4.78, 5) is 106. The van der Waals surface area contributed by atoms with Gasteiger partial charge in [-0.05, 0) is 180 Å². The summed E-state index contributed by atoms with van der Waals surface area (Å²) >= 11 is 0. The van der Waals surface area contributed by atoms with Crippen LogP contribution in [0.15, 0.2) is 66.7 Å². The third kappa shape index (κ3) is 11.2. The summed E-state index contributed by atoms with van der Waals surface area (Å²) in [5.74, 6) is -0.756. The smallest absolute Gasteiger partial charge is 0.251 e. The maximum absolute atomic E-state index is 15.8. The van der Waals surface area contributed by atoms with Crippen LogP contribution in [0.25, 0.3) is 0 Å². The number of nitrogens with zero attached hydrogens (tertiary/aromatic N) is 2. The Labute approximate surface area is 460 Å². The Morgan fingerprint density at radius 3 is 1.69 bits per heavy atom. The van der Waals surface area contributed by atoms with Gasteiger partial charge in [-0.3, -0.25) is 33.6 Å². The minimum absolute atomic E-state index is 0.0347. The van der Waals surface area contributed by atoms with E-state index in [4.69, 9.17) is 0 Å². The summed E-state index contributed by atoms with van der Waals surface area (Å²) in [5, 5.41) is 22.1. The van der Waals surface area contributed by atoms with E-state index in [0.717, 1.165) is 99.3 Å². The second kappa shape index (κ2) is 22.5. The molecule has 78 heavy (non-hydrogen) atoms. The molecule has 3 aromatic carbocycles. The van der Waals surface area contributed by atoms with Gasteiger partial charge in [-0.1, -0.05) is 75.4 Å². The number of likely N-dealkylation sites (tertiary alicyclic amines) is 1. The maximum atomic E-state index is 15.8. The molecule has 2 heterocycles. The largest absolute Gasteiger partial charge is 0.347 e. The fourth-order valence-electron chi connectivity index (χ4n) is 15.0. The van der Waals surface area contributed by atoms with Crippen LogP contribution in [0.1, 0.15) is 161 Å². The molecule has 16 heteroatoms. The van der Waals surface area contributed by atoms with Crippen LogP contribution in [0, 0.1) is 28.6 Å². The Hall–Kier alpha value is -6.13. The third-order valence-corrected chi connectivity index (χ3v) is 19.1. The van der Waals surface area contributed by atoms with Crippen molar-refractivity contribution in [1.82, 2.24) is 47.0 Å². The van der Waals surface area contributed by atoms with E-state index < -0.39 is 64.9 Å². The number of hydrogen-bond donors (Lipinski definition) is 7. The monoisotopic (exact) mass is 1070 g/mol. The van der Waals surface area contributed by atoms with Gasteiger partial charge in [0.25, 0.3) is 5.91 Å². The summed E-state index contributed by atoms with van der Waals surface area (Å²) in [7, 11) is 3.41. The minimum atomic E-state index is -0.973. The van der Waals surface area contributed by atoms with Gasteiger partial charge in [0.15, 0.2) is 0 Å². The quantitative estimate of drug-likeness (QED) is 0.103. The Bertz CT molecular complexity index is 2770. The standard InChI is InChI=1S/C62H83N9O7/c1-35(63-6)54(72)68-52(61(3,4)5)59(77)71-34-45(29-51(71)58(76)67-49-21-13-17-41-15-9-11-19-47(41)49)65-56(74)43-23-22-42-28-50(57(75)66-48-20-12-16-40-14-8-10-18-46(40)48)70(33-44(42)27-43)60(78)53(69-55(73)36(2)64-7)62-30-37-24-38(31-62)26-39(25-37)32-62/h8-11,14-15,18-19,22-23,27,35-39,45,48-53,63-64H,12-13,16-17,20-21,24-26,28-34H2,1-7H3,(H,65,74)(H,66,75)(H,67,76)(H,68,72)(H,69,73)/t35-,36-,37?,38?,39?,45-,48+,49+,50-,51-,52+,53+,62?/m0/s1. The van der Waals surface area contributed by atoms with Crippen molar-refractivity contribution in [2.45, 2.75) is 185 Å². The zero-order valence-corrected chi connectivity index (χ0v) is 46.8. The van der Waals surface area contributed by atoms with Crippen molar-refractivity contribution in [1.29, 1.82) is 0 Å². The number of amides is 7. The molecule has 0 radical (unpaired) electrons. The van der Waals surface area contributed by atoms with Crippen LogP contribution in [0.2, 0.25) is 0 Å². The van der Waals surface area contributed by atoms with Crippen LogP contribution in [-0.4, -0.2) is 114 Å². The highest BCUT2D eigenvalue weighted by atomic mass is 16.2. The van der Waals surface area contributed by atoms with Gasteiger partial charge in [-0.15, -0.1) is 0 Å². The summed E-state index contributed by atoms with van der Waals surface area (Å²) < 4.78 is 0. The van der Waals surface area contributed by atoms with Gasteiger partial charge in [-0.25, -0.2) is 0 Å². The average Bonchev–Trinajstić information content (AvgIpc) is 3.78. The second-order valence-corrected chi connectivity index (χ2v) is 25.4. The van der Waals surface area contributed by atoms with E-state index in [1.54, 1.807) is 45.0 Å². The lowest BCUT2D eigenvalue weighted by atomic mass is 9.47. The molecule has 11 rings (SSSR count). The molecule has 3 aromatic rings. The van der Waals surface area contributed by atoms with Crippen LogP contribution in [0.4, 0.5) is 0 Å². The average molecular weight is 1070 g/mol. The summed E-state index contributed by atoms with van der Waals surface area (Å²) in [6.45, 7) is 9.23. The topological polar surface area (TPSA) is 210 Å². The first kappa shape index (κ1) is 55.2. The number of benzene rings is 3. The van der Waals surface area contributed by atoms with Crippen molar-refractivity contribution in [3.05, 3.63) is 106 Å². The number of likely N-dealkylation sites (N-methyl/N-ethyl adjacent to an activating group) is 2. The molecule has 16 nitrogen and oxygen atoms in total. The molecule has 0 unspecified atom stereocenters. The number of carbonyl (C=O) groups excluding carboxylic acids is 7. The third-order valence-electron chi connectivity index (χ3n) is 19.1. The van der Waals surface area contributed by atoms with Gasteiger partial charge >= 0.3 is 0 Å². The molecule has 4 bridgehead atoms. The molecule has 0 spiro atoms. The van der Waals surface area contributed by atoms with E-state index in [2.05, 4.69) is 55.4 Å². The molecule has 4 saturated carbocycles. The van der Waals surface area contributed by atoms with Crippen LogP contribution >= 0.6 is 0 Å². The van der Waals surface area contributed by atoms with E-state index in [1.165, 1.54) is 16.0 Å². The molecule has 8 aliphatic rings. The predicted molar refractivity (Wildman–Crippen MR) is 297 cm³/mol. The van der Waals surface area contributed by atoms with Gasteiger partial charge in [0.05, 0.1) is 24.2 Å². The molecule has 0 aromatic heterocycles. The normalized spacial score (nSPS) is 28.4. The fraction of sp³-hybridized carbons (Fsp3) is 0.597. The lowest BCUT2D eigenvalue weighted by molar-refractivity contribution is -0.155. The number of rotatable bonds is 15. The molecular formula is C62H83N9O7. The van der Waals surface area contributed by atoms with Gasteiger partial charge in [0.1, 0.15) is 24.2 Å². The summed E-state index contributed by atoms with van der Waals surface area (Å²) in [5.41, 5.74) is 5.30. The highest BCUT2D eigenvalue weighted by Crippen LogP contribution is 2.61. The molecule has 7 amide bonds. The first-order valence-corrected chi connectivity index (χ1v) is 29.1. The molecule has 2 aliphatic heterocycles. The lowest BCUT2D eigenvalue weighted by Gasteiger charge is -2.59. The second-order valence-electron chi connectivity index (χ2n) is 25.4. The van der Waals surface area contributed by atoms with E-state index in [-0.39, 0.29) is 67.6 Å². The molecule has 5 fully saturated rings. The molecule has 418 valence electrons. The fourth-order valence-corrected chi connectivity index (χ4v) is 15.0. The Morgan fingerprint density at radius 2 is 1.14 bits per heavy atom. The zero-order valence-electron chi connectivity index (χ0n) is 46.8. The highest BCUT2D eigenvalue weighted by Gasteiger charge is 2.58. The molecule has 6 aliphatic carbocycles. The van der Waals surface area contributed by atoms with Crippen LogP contribution in [0.5, 0.6) is 0 Å². The lowest BCUT2D eigenvalue weighted by Crippen LogP contribution is -2.66. The van der Waals surface area contributed by atoms with Gasteiger partial charge in [0.2, 0.25) is 35.4 Å². The summed E-state index contributed by atoms with van der Waals surface area (Å²) in [6.07, 6.45) is 11.6. The van der Waals surface area contributed by atoms with Crippen LogP contribution in [0.3, 0.4) is 0 Å². The van der Waals surface area contributed by atoms with E-state index in [9.17, 15) is 28.8 Å². The van der Waals surface area contributed by atoms with Crippen molar-refractivity contribution in [2.24, 2.45) is 28.6 Å². The molecule has 7 N–H and O–H groups in total. The molecular weight excluding hydrogens is 983 g/mol. The number of nitrogens with one attached hydrogen (secondary N) is 7. The van der Waals surface area contributed by atoms with Crippen molar-refractivity contribution >= 4 is 41.4 Å². The number of carbonyl (C=O) groups is 7. The highest BCUT2D eigenvalue weighted by molar-refractivity contribution is 5.97. The van der Waals surface area contributed by atoms with Crippen LogP contribution in [-0.2, 0) is 54.6 Å². The van der Waals surface area contributed by atoms with Crippen LogP contribution < -0.4 is 37.2 Å². The minimum Gasteiger partial charge on any atom is -0.347 e. The predicted octanol–water partition coefficient (Wildman–Crippen LogP) is 5.47. The number of fused-ring (bicyclic) bond motifs is 3. The van der Waals surface area contributed by atoms with Gasteiger partial charge in [0, 0.05) is 36.5 Å². The van der Waals surface area contributed by atoms with E-state index >= 15 is 4.79 Å². The Morgan fingerprint density at radius 1 is 0.603 bits per heavy atom. The van der Waals surface area contributed by atoms with E-state index in [0.29, 0.717) is 23.3 Å². The molecule has 1 saturated heterocycles. The zero-order chi connectivity index (χ0) is 55.2. The van der Waals surface area contributed by atoms with Gasteiger partial charge in [-0.2, -0.15) is 0 Å². The number of hydrogen-bond acceptors (Lipinski definition) is 9. The maximum Gasteiger partial charge on any atom is 0.251 e. The first-order chi connectivity index (χ1) is 37.3. The first-order valence-electron chi connectivity index (χ1n) is 29.1. The van der Waals surface area contributed by atoms with Crippen molar-refractivity contribution in [3.8, 4) is 0 Å². The van der Waals surface area contributed by atoms with Gasteiger partial charge < -0.3 is 47.0 Å². The number of aryl methyl sites for hydroxylation is 2. The summed E-state index contributed by atoms with van der Waals surface area (Å²) in [6, 6.07) is 15.9. The van der Waals surface area contributed by atoms with Crippen molar-refractivity contribution in [3.63, 3.8) is 0 Å². The Balaban J connectivity index is 0.935.